The third-order valence-corrected chi connectivity index (χ3v) is 3.18. The van der Waals surface area contributed by atoms with E-state index in [9.17, 15) is 9.18 Å². The molecule has 5 nitrogen and oxygen atoms in total. The van der Waals surface area contributed by atoms with Crippen molar-refractivity contribution in [3.63, 3.8) is 0 Å². The third kappa shape index (κ3) is 6.60. The van der Waals surface area contributed by atoms with E-state index in [2.05, 4.69) is 10.6 Å². The van der Waals surface area contributed by atoms with Crippen LogP contribution in [0.2, 0.25) is 0 Å². The van der Waals surface area contributed by atoms with Gasteiger partial charge in [-0.25, -0.2) is 4.39 Å². The van der Waals surface area contributed by atoms with Gasteiger partial charge in [0.15, 0.2) is 11.6 Å². The highest BCUT2D eigenvalue weighted by Crippen LogP contribution is 2.27. The van der Waals surface area contributed by atoms with Crippen LogP contribution in [-0.4, -0.2) is 39.3 Å². The first kappa shape index (κ1) is 18.7. The van der Waals surface area contributed by atoms with Crippen molar-refractivity contribution in [1.29, 1.82) is 0 Å². The van der Waals surface area contributed by atoms with Gasteiger partial charge < -0.3 is 20.1 Å². The molecule has 2 N–H and O–H groups in total. The molecular formula is C15H22ClFN2O3. The van der Waals surface area contributed by atoms with Crippen LogP contribution in [0.5, 0.6) is 5.75 Å². The first-order valence-corrected chi connectivity index (χ1v) is 7.11. The lowest BCUT2D eigenvalue weighted by Crippen LogP contribution is -2.29. The van der Waals surface area contributed by atoms with Gasteiger partial charge >= 0.3 is 0 Å². The van der Waals surface area contributed by atoms with Gasteiger partial charge in [0, 0.05) is 18.9 Å². The number of anilines is 1. The number of rotatable bonds is 9. The average molecular weight is 333 g/mol. The van der Waals surface area contributed by atoms with Crippen LogP contribution in [0.25, 0.3) is 0 Å². The first-order chi connectivity index (χ1) is 10.2. The summed E-state index contributed by atoms with van der Waals surface area (Å²) in [5.41, 5.74) is 0.421. The van der Waals surface area contributed by atoms with Crippen molar-refractivity contribution in [2.45, 2.75) is 12.8 Å². The Morgan fingerprint density at radius 1 is 1.36 bits per heavy atom. The molecule has 0 radical (unpaired) electrons. The molecule has 0 heterocycles. The molecule has 0 aromatic heterocycles. The summed E-state index contributed by atoms with van der Waals surface area (Å²) < 4.78 is 23.8. The second-order valence-electron chi connectivity index (χ2n) is 5.11. The van der Waals surface area contributed by atoms with Crippen molar-refractivity contribution in [2.75, 3.05) is 38.7 Å². The lowest BCUT2D eigenvalue weighted by atomic mass is 10.3. The van der Waals surface area contributed by atoms with Crippen molar-refractivity contribution in [1.82, 2.24) is 5.32 Å². The summed E-state index contributed by atoms with van der Waals surface area (Å²) in [5.74, 6) is 0.189. The molecule has 22 heavy (non-hydrogen) atoms. The number of hydrogen-bond acceptors (Lipinski definition) is 4. The van der Waals surface area contributed by atoms with E-state index in [0.717, 1.165) is 12.5 Å². The predicted octanol–water partition coefficient (Wildman–Crippen LogP) is 2.21. The van der Waals surface area contributed by atoms with Crippen LogP contribution >= 0.6 is 12.4 Å². The lowest BCUT2D eigenvalue weighted by molar-refractivity contribution is -0.115. The summed E-state index contributed by atoms with van der Waals surface area (Å²) in [5, 5.41) is 5.73. The van der Waals surface area contributed by atoms with Crippen molar-refractivity contribution in [3.05, 3.63) is 24.0 Å². The lowest BCUT2D eigenvalue weighted by Gasteiger charge is -2.09. The molecule has 124 valence electrons. The zero-order valence-electron chi connectivity index (χ0n) is 12.6. The van der Waals surface area contributed by atoms with Gasteiger partial charge in [-0.15, -0.1) is 12.4 Å². The Kier molecular flexibility index (Phi) is 8.16. The van der Waals surface area contributed by atoms with E-state index in [4.69, 9.17) is 9.47 Å². The molecule has 0 saturated heterocycles. The smallest absolute Gasteiger partial charge is 0.238 e. The van der Waals surface area contributed by atoms with Gasteiger partial charge in [0.1, 0.15) is 6.61 Å². The maximum Gasteiger partial charge on any atom is 0.238 e. The average Bonchev–Trinajstić information content (AvgIpc) is 3.25. The van der Waals surface area contributed by atoms with Crippen LogP contribution in [0.15, 0.2) is 18.2 Å². The fourth-order valence-electron chi connectivity index (χ4n) is 1.85. The van der Waals surface area contributed by atoms with Crippen LogP contribution in [0.1, 0.15) is 12.8 Å². The van der Waals surface area contributed by atoms with Gasteiger partial charge in [-0.2, -0.15) is 0 Å². The summed E-state index contributed by atoms with van der Waals surface area (Å²) in [6, 6.07) is 4.36. The predicted molar refractivity (Wildman–Crippen MR) is 85.2 cm³/mol. The number of methoxy groups -OCH3 is 1. The second kappa shape index (κ2) is 9.61. The maximum atomic E-state index is 13.8. The molecule has 1 saturated carbocycles. The van der Waals surface area contributed by atoms with Gasteiger partial charge in [0.25, 0.3) is 0 Å². The van der Waals surface area contributed by atoms with E-state index in [-0.39, 0.29) is 37.2 Å². The number of nitrogens with one attached hydrogen (secondary N) is 2. The highest BCUT2D eigenvalue weighted by molar-refractivity contribution is 5.92. The Morgan fingerprint density at radius 2 is 2.14 bits per heavy atom. The normalized spacial score (nSPS) is 13.4. The minimum Gasteiger partial charge on any atom is -0.488 e. The summed E-state index contributed by atoms with van der Waals surface area (Å²) in [6.45, 7) is 1.78. The van der Waals surface area contributed by atoms with E-state index in [0.29, 0.717) is 12.3 Å². The fourth-order valence-corrected chi connectivity index (χ4v) is 1.85. The van der Waals surface area contributed by atoms with E-state index in [1.165, 1.54) is 25.0 Å². The SMILES string of the molecule is COCCOc1ccc(NC(=O)CNCC2CC2)cc1F.Cl. The Labute approximate surface area is 136 Å². The highest BCUT2D eigenvalue weighted by atomic mass is 35.5. The Balaban J connectivity index is 0.00000242. The summed E-state index contributed by atoms with van der Waals surface area (Å²) >= 11 is 0. The quantitative estimate of drug-likeness (QED) is 0.681. The standard InChI is InChI=1S/C15H21FN2O3.ClH/c1-20-6-7-21-14-5-4-12(8-13(14)16)18-15(19)10-17-9-11-2-3-11;/h4-5,8,11,17H,2-3,6-7,9-10H2,1H3,(H,18,19);1H. The van der Waals surface area contributed by atoms with Gasteiger partial charge in [-0.3, -0.25) is 4.79 Å². The zero-order chi connectivity index (χ0) is 15.1. The molecule has 0 aliphatic heterocycles. The van der Waals surface area contributed by atoms with E-state index in [1.54, 1.807) is 13.2 Å². The van der Waals surface area contributed by atoms with Gasteiger partial charge in [-0.05, 0) is 37.4 Å². The molecular weight excluding hydrogens is 311 g/mol. The maximum absolute atomic E-state index is 13.8. The van der Waals surface area contributed by atoms with Gasteiger partial charge in [-0.1, -0.05) is 0 Å². The first-order valence-electron chi connectivity index (χ1n) is 7.11. The molecule has 0 atom stereocenters. The molecule has 1 aliphatic carbocycles. The number of benzene rings is 1. The molecule has 1 amide bonds. The Bertz CT molecular complexity index is 484. The Hall–Kier alpha value is -1.37. The summed E-state index contributed by atoms with van der Waals surface area (Å²) in [4.78, 5) is 11.7. The molecule has 1 aliphatic rings. The fraction of sp³-hybridized carbons (Fsp3) is 0.533. The molecule has 1 fully saturated rings. The highest BCUT2D eigenvalue weighted by Gasteiger charge is 2.20. The van der Waals surface area contributed by atoms with Crippen LogP contribution < -0.4 is 15.4 Å². The van der Waals surface area contributed by atoms with E-state index >= 15 is 0 Å². The van der Waals surface area contributed by atoms with Crippen molar-refractivity contribution < 1.29 is 18.7 Å². The van der Waals surface area contributed by atoms with Gasteiger partial charge in [0.05, 0.1) is 13.2 Å². The van der Waals surface area contributed by atoms with Crippen molar-refractivity contribution >= 4 is 24.0 Å². The largest absolute Gasteiger partial charge is 0.488 e. The van der Waals surface area contributed by atoms with Crippen molar-refractivity contribution in [3.8, 4) is 5.75 Å². The molecule has 7 heteroatoms. The molecule has 0 unspecified atom stereocenters. The van der Waals surface area contributed by atoms with Crippen LogP contribution in [0, 0.1) is 11.7 Å². The number of hydrogen-bond donors (Lipinski definition) is 2. The minimum absolute atomic E-state index is 0. The molecule has 0 spiro atoms. The number of carbonyl (C=O) groups is 1. The summed E-state index contributed by atoms with van der Waals surface area (Å²) in [6.07, 6.45) is 2.48. The molecule has 0 bridgehead atoms. The zero-order valence-corrected chi connectivity index (χ0v) is 13.4. The van der Waals surface area contributed by atoms with Gasteiger partial charge in [0.2, 0.25) is 5.91 Å². The minimum atomic E-state index is -0.505. The van der Waals surface area contributed by atoms with Crippen molar-refractivity contribution in [2.24, 2.45) is 5.92 Å². The van der Waals surface area contributed by atoms with E-state index < -0.39 is 5.82 Å². The van der Waals surface area contributed by atoms with Crippen LogP contribution in [0.4, 0.5) is 10.1 Å². The number of amides is 1. The number of ether oxygens (including phenoxy) is 2. The van der Waals surface area contributed by atoms with Crippen LogP contribution in [0.3, 0.4) is 0 Å². The molecule has 1 aromatic carbocycles. The topological polar surface area (TPSA) is 59.6 Å². The molecule has 1 aromatic rings. The Morgan fingerprint density at radius 3 is 2.77 bits per heavy atom. The summed E-state index contributed by atoms with van der Waals surface area (Å²) in [7, 11) is 1.55. The second-order valence-corrected chi connectivity index (χ2v) is 5.11. The monoisotopic (exact) mass is 332 g/mol. The number of halogens is 2. The van der Waals surface area contributed by atoms with Crippen LogP contribution in [-0.2, 0) is 9.53 Å². The molecule has 2 rings (SSSR count). The van der Waals surface area contributed by atoms with E-state index in [1.807, 2.05) is 0 Å². The third-order valence-electron chi connectivity index (χ3n) is 3.18. The number of carbonyl (C=O) groups excluding carboxylic acids is 1.